The molecule has 10 nitrogen and oxygen atoms in total. The molecule has 3 N–H and O–H groups in total. The molecule has 1 fully saturated rings. The molecule has 38 heavy (non-hydrogen) atoms. The van der Waals surface area contributed by atoms with Crippen molar-refractivity contribution >= 4 is 34.5 Å². The number of hydrogen-bond donors (Lipinski definition) is 3. The summed E-state index contributed by atoms with van der Waals surface area (Å²) >= 11 is 0. The Bertz CT molecular complexity index is 1480. The highest BCUT2D eigenvalue weighted by atomic mass is 16.5. The fraction of sp³-hybridized carbons (Fsp3) is 0.286. The number of esters is 1. The number of methoxy groups -OCH3 is 2. The van der Waals surface area contributed by atoms with Gasteiger partial charge in [-0.1, -0.05) is 12.1 Å². The number of benzene rings is 2. The van der Waals surface area contributed by atoms with Crippen molar-refractivity contribution in [1.29, 1.82) is 0 Å². The molecule has 2 heterocycles. The SMILES string of the molecule is CNC(=O)c1ccc(Nc2nc(OC3CCCC3)c3c(-c4ccc(C(=O)OC)cc4)c[nH]c3n2)c(OC)c1. The van der Waals surface area contributed by atoms with Crippen LogP contribution in [0.5, 0.6) is 11.6 Å². The van der Waals surface area contributed by atoms with Gasteiger partial charge in [-0.05, 0) is 61.6 Å². The predicted octanol–water partition coefficient (Wildman–Crippen LogP) is 4.84. The second-order valence-corrected chi connectivity index (χ2v) is 8.99. The third kappa shape index (κ3) is 4.97. The van der Waals surface area contributed by atoms with Crippen LogP contribution in [0.25, 0.3) is 22.2 Å². The maximum Gasteiger partial charge on any atom is 0.337 e. The molecule has 0 bridgehead atoms. The molecule has 1 aliphatic carbocycles. The van der Waals surface area contributed by atoms with E-state index in [1.165, 1.54) is 14.2 Å². The third-order valence-corrected chi connectivity index (χ3v) is 6.63. The van der Waals surface area contributed by atoms with Gasteiger partial charge in [-0.15, -0.1) is 0 Å². The number of nitrogens with zero attached hydrogens (tertiary/aromatic N) is 2. The van der Waals surface area contributed by atoms with Gasteiger partial charge in [0.25, 0.3) is 5.91 Å². The summed E-state index contributed by atoms with van der Waals surface area (Å²) in [7, 11) is 4.47. The highest BCUT2D eigenvalue weighted by Gasteiger charge is 2.23. The summed E-state index contributed by atoms with van der Waals surface area (Å²) in [6.45, 7) is 0. The quantitative estimate of drug-likeness (QED) is 0.284. The van der Waals surface area contributed by atoms with Crippen LogP contribution in [0.15, 0.2) is 48.7 Å². The maximum absolute atomic E-state index is 12.0. The lowest BCUT2D eigenvalue weighted by molar-refractivity contribution is 0.0600. The van der Waals surface area contributed by atoms with Crippen molar-refractivity contribution in [3.8, 4) is 22.8 Å². The van der Waals surface area contributed by atoms with Gasteiger partial charge in [0.1, 0.15) is 17.5 Å². The Labute approximate surface area is 219 Å². The van der Waals surface area contributed by atoms with Crippen LogP contribution in [0.4, 0.5) is 11.6 Å². The van der Waals surface area contributed by atoms with Gasteiger partial charge in [0.2, 0.25) is 11.8 Å². The smallest absolute Gasteiger partial charge is 0.337 e. The summed E-state index contributed by atoms with van der Waals surface area (Å²) < 4.78 is 16.7. The van der Waals surface area contributed by atoms with Crippen molar-refractivity contribution in [1.82, 2.24) is 20.3 Å². The number of carbonyl (C=O) groups excluding carboxylic acids is 2. The summed E-state index contributed by atoms with van der Waals surface area (Å²) in [6.07, 6.45) is 6.11. The van der Waals surface area contributed by atoms with Crippen LogP contribution in [0.1, 0.15) is 46.4 Å². The lowest BCUT2D eigenvalue weighted by atomic mass is 10.0. The van der Waals surface area contributed by atoms with E-state index in [9.17, 15) is 9.59 Å². The van der Waals surface area contributed by atoms with Gasteiger partial charge >= 0.3 is 5.97 Å². The van der Waals surface area contributed by atoms with Gasteiger partial charge in [-0.25, -0.2) is 4.79 Å². The van der Waals surface area contributed by atoms with Crippen molar-refractivity contribution in [3.63, 3.8) is 0 Å². The van der Waals surface area contributed by atoms with Crippen LogP contribution in [-0.4, -0.2) is 54.2 Å². The summed E-state index contributed by atoms with van der Waals surface area (Å²) in [5.74, 6) is 0.673. The lowest BCUT2D eigenvalue weighted by Crippen LogP contribution is -2.17. The molecule has 4 aromatic rings. The first-order valence-electron chi connectivity index (χ1n) is 12.4. The number of aromatic nitrogens is 3. The van der Waals surface area contributed by atoms with Crippen LogP contribution in [0.2, 0.25) is 0 Å². The standard InChI is InChI=1S/C28H29N5O5/c1-29-25(34)18-12-13-21(22(14-18)36-2)31-28-32-24-23(26(33-28)38-19-6-4-5-7-19)20(15-30-24)16-8-10-17(11-9-16)27(35)37-3/h8-15,19H,4-7H2,1-3H3,(H,29,34)(H2,30,31,32,33). The number of H-pyrrole nitrogens is 1. The summed E-state index contributed by atoms with van der Waals surface area (Å²) in [4.78, 5) is 36.6. The molecule has 0 unspecified atom stereocenters. The maximum atomic E-state index is 12.0. The number of rotatable bonds is 8. The molecule has 2 aromatic carbocycles. The van der Waals surface area contributed by atoms with E-state index in [0.717, 1.165) is 42.2 Å². The highest BCUT2D eigenvalue weighted by molar-refractivity contribution is 5.99. The number of nitrogens with one attached hydrogen (secondary N) is 3. The number of carbonyl (C=O) groups is 2. The zero-order valence-corrected chi connectivity index (χ0v) is 21.5. The Morgan fingerprint density at radius 3 is 2.42 bits per heavy atom. The first-order chi connectivity index (χ1) is 18.5. The first kappa shape index (κ1) is 25.1. The van der Waals surface area contributed by atoms with E-state index in [-0.39, 0.29) is 12.0 Å². The van der Waals surface area contributed by atoms with E-state index >= 15 is 0 Å². The normalized spacial score (nSPS) is 13.3. The van der Waals surface area contributed by atoms with Gasteiger partial charge in [-0.3, -0.25) is 4.79 Å². The molecule has 0 radical (unpaired) electrons. The first-order valence-corrected chi connectivity index (χ1v) is 12.4. The molecule has 0 spiro atoms. The molecular weight excluding hydrogens is 486 g/mol. The molecular formula is C28H29N5O5. The fourth-order valence-corrected chi connectivity index (χ4v) is 4.64. The Kier molecular flexibility index (Phi) is 7.12. The monoisotopic (exact) mass is 515 g/mol. The molecule has 1 aliphatic rings. The van der Waals surface area contributed by atoms with Gasteiger partial charge in [0, 0.05) is 24.4 Å². The molecule has 0 atom stereocenters. The second kappa shape index (κ2) is 10.8. The summed E-state index contributed by atoms with van der Waals surface area (Å²) in [5, 5.41) is 6.58. The highest BCUT2D eigenvalue weighted by Crippen LogP contribution is 2.37. The zero-order chi connectivity index (χ0) is 26.6. The van der Waals surface area contributed by atoms with Gasteiger partial charge < -0.3 is 29.8 Å². The molecule has 196 valence electrons. The van der Waals surface area contributed by atoms with Crippen LogP contribution in [0.3, 0.4) is 0 Å². The van der Waals surface area contributed by atoms with Crippen LogP contribution >= 0.6 is 0 Å². The predicted molar refractivity (Wildman–Crippen MR) is 143 cm³/mol. The van der Waals surface area contributed by atoms with E-state index in [4.69, 9.17) is 24.2 Å². The molecule has 2 aromatic heterocycles. The fourth-order valence-electron chi connectivity index (χ4n) is 4.64. The Morgan fingerprint density at radius 2 is 1.74 bits per heavy atom. The summed E-state index contributed by atoms with van der Waals surface area (Å²) in [6, 6.07) is 12.3. The van der Waals surface area contributed by atoms with Crippen molar-refractivity contribution in [2.24, 2.45) is 0 Å². The molecule has 0 saturated heterocycles. The van der Waals surface area contributed by atoms with Crippen molar-refractivity contribution in [3.05, 3.63) is 59.8 Å². The largest absolute Gasteiger partial charge is 0.495 e. The molecule has 1 saturated carbocycles. The Hall–Kier alpha value is -4.60. The van der Waals surface area contributed by atoms with Crippen LogP contribution in [-0.2, 0) is 4.74 Å². The van der Waals surface area contributed by atoms with Gasteiger partial charge in [-0.2, -0.15) is 9.97 Å². The third-order valence-electron chi connectivity index (χ3n) is 6.63. The number of ether oxygens (including phenoxy) is 3. The summed E-state index contributed by atoms with van der Waals surface area (Å²) in [5.41, 5.74) is 3.90. The molecule has 10 heteroatoms. The number of amides is 1. The molecule has 1 amide bonds. The Morgan fingerprint density at radius 1 is 1.00 bits per heavy atom. The van der Waals surface area contributed by atoms with Gasteiger partial charge in [0.05, 0.1) is 30.9 Å². The minimum absolute atomic E-state index is 0.0757. The second-order valence-electron chi connectivity index (χ2n) is 8.99. The minimum Gasteiger partial charge on any atom is -0.495 e. The topological polar surface area (TPSA) is 127 Å². The number of hydrogen-bond acceptors (Lipinski definition) is 8. The minimum atomic E-state index is -0.390. The van der Waals surface area contributed by atoms with E-state index < -0.39 is 5.97 Å². The van der Waals surface area contributed by atoms with E-state index in [0.29, 0.717) is 40.0 Å². The van der Waals surface area contributed by atoms with E-state index in [2.05, 4.69) is 15.6 Å². The van der Waals surface area contributed by atoms with Crippen molar-refractivity contribution in [2.75, 3.05) is 26.6 Å². The molecule has 5 rings (SSSR count). The average molecular weight is 516 g/mol. The number of aromatic amines is 1. The average Bonchev–Trinajstić information content (AvgIpc) is 3.62. The van der Waals surface area contributed by atoms with Gasteiger partial charge in [0.15, 0.2) is 0 Å². The zero-order valence-electron chi connectivity index (χ0n) is 21.5. The number of fused-ring (bicyclic) bond motifs is 1. The molecule has 0 aliphatic heterocycles. The van der Waals surface area contributed by atoms with E-state index in [1.807, 2.05) is 18.3 Å². The number of anilines is 2. The lowest BCUT2D eigenvalue weighted by Gasteiger charge is -2.16. The Balaban J connectivity index is 1.54. The van der Waals surface area contributed by atoms with Crippen LogP contribution in [0, 0.1) is 0 Å². The van der Waals surface area contributed by atoms with Crippen molar-refractivity contribution in [2.45, 2.75) is 31.8 Å². The van der Waals surface area contributed by atoms with E-state index in [1.54, 1.807) is 37.4 Å². The van der Waals surface area contributed by atoms with Crippen molar-refractivity contribution < 1.29 is 23.8 Å². The van der Waals surface area contributed by atoms with Crippen LogP contribution < -0.4 is 20.1 Å².